The van der Waals surface area contributed by atoms with E-state index in [2.05, 4.69) is 5.32 Å². The first kappa shape index (κ1) is 22.5. The predicted molar refractivity (Wildman–Crippen MR) is 124 cm³/mol. The van der Waals surface area contributed by atoms with Gasteiger partial charge in [-0.2, -0.15) is 0 Å². The normalized spacial score (nSPS) is 15.5. The third kappa shape index (κ3) is 5.90. The summed E-state index contributed by atoms with van der Waals surface area (Å²) in [5.41, 5.74) is 1.98. The fourth-order valence-corrected chi connectivity index (χ4v) is 4.31. The molecule has 0 unspecified atom stereocenters. The number of thioether (sulfide) groups is 1. The van der Waals surface area contributed by atoms with E-state index in [4.69, 9.17) is 12.2 Å². The second kappa shape index (κ2) is 10.2. The number of hydrogen-bond acceptors (Lipinski definition) is 6. The van der Waals surface area contributed by atoms with Gasteiger partial charge in [0.25, 0.3) is 5.91 Å². The molecule has 2 aromatic carbocycles. The molecule has 3 rings (SSSR count). The Morgan fingerprint density at radius 1 is 1.13 bits per heavy atom. The Kier molecular flexibility index (Phi) is 7.38. The molecule has 2 amide bonds. The van der Waals surface area contributed by atoms with Crippen molar-refractivity contribution in [2.24, 2.45) is 0 Å². The Hall–Kier alpha value is -3.23. The van der Waals surface area contributed by atoms with Gasteiger partial charge in [-0.25, -0.2) is 0 Å². The molecule has 0 bridgehead atoms. The summed E-state index contributed by atoms with van der Waals surface area (Å²) in [6, 6.07) is 15.7. The van der Waals surface area contributed by atoms with Gasteiger partial charge in [0.15, 0.2) is 0 Å². The Morgan fingerprint density at radius 2 is 1.81 bits per heavy atom. The van der Waals surface area contributed by atoms with Crippen LogP contribution in [0.15, 0.2) is 71.2 Å². The zero-order chi connectivity index (χ0) is 22.4. The zero-order valence-corrected chi connectivity index (χ0v) is 18.3. The fourth-order valence-electron chi connectivity index (χ4n) is 2.95. The van der Waals surface area contributed by atoms with E-state index < -0.39 is 11.9 Å². The number of hydrogen-bond donors (Lipinski definition) is 1. The second-order valence-electron chi connectivity index (χ2n) is 6.76. The Bertz CT molecular complexity index is 1090. The Balaban J connectivity index is 1.62. The number of carboxylic acids is 1. The van der Waals surface area contributed by atoms with Crippen LogP contribution in [-0.2, 0) is 9.59 Å². The summed E-state index contributed by atoms with van der Waals surface area (Å²) in [6.45, 7) is 2.00. The van der Waals surface area contributed by atoms with E-state index in [9.17, 15) is 19.5 Å². The van der Waals surface area contributed by atoms with Gasteiger partial charge in [-0.05, 0) is 30.2 Å². The van der Waals surface area contributed by atoms with Crippen molar-refractivity contribution in [1.82, 2.24) is 4.90 Å². The minimum Gasteiger partial charge on any atom is -0.545 e. The number of allylic oxidation sites excluding steroid dienone is 2. The van der Waals surface area contributed by atoms with E-state index in [-0.39, 0.29) is 30.1 Å². The van der Waals surface area contributed by atoms with Crippen LogP contribution in [0.3, 0.4) is 0 Å². The van der Waals surface area contributed by atoms with Crippen molar-refractivity contribution in [1.29, 1.82) is 0 Å². The molecule has 31 heavy (non-hydrogen) atoms. The quantitative estimate of drug-likeness (QED) is 0.514. The van der Waals surface area contributed by atoms with Crippen LogP contribution < -0.4 is 10.4 Å². The van der Waals surface area contributed by atoms with E-state index in [0.29, 0.717) is 9.23 Å². The molecule has 1 N–H and O–H groups in total. The fraction of sp³-hybridized carbons (Fsp3) is 0.130. The van der Waals surface area contributed by atoms with Crippen LogP contribution in [0.4, 0.5) is 5.69 Å². The molecule has 0 aliphatic carbocycles. The Labute approximate surface area is 189 Å². The highest BCUT2D eigenvalue weighted by atomic mass is 32.2. The van der Waals surface area contributed by atoms with Crippen molar-refractivity contribution in [2.75, 3.05) is 11.9 Å². The molecule has 8 heteroatoms. The number of nitrogens with one attached hydrogen (secondary N) is 1. The van der Waals surface area contributed by atoms with E-state index in [1.807, 2.05) is 43.3 Å². The van der Waals surface area contributed by atoms with Crippen LogP contribution in [0, 0.1) is 0 Å². The first-order valence-corrected chi connectivity index (χ1v) is 10.7. The smallest absolute Gasteiger partial charge is 0.266 e. The molecule has 1 aliphatic heterocycles. The molecular weight excluding hydrogens is 432 g/mol. The summed E-state index contributed by atoms with van der Waals surface area (Å²) in [4.78, 5) is 38.0. The lowest BCUT2D eigenvalue weighted by molar-refractivity contribution is -0.254. The molecule has 1 heterocycles. The number of carbonyl (C=O) groups is 3. The lowest BCUT2D eigenvalue weighted by Crippen LogP contribution is -2.32. The van der Waals surface area contributed by atoms with Crippen LogP contribution in [-0.4, -0.2) is 33.5 Å². The Morgan fingerprint density at radius 3 is 2.52 bits per heavy atom. The number of para-hydroxylation sites is 1. The van der Waals surface area contributed by atoms with Gasteiger partial charge in [0.1, 0.15) is 4.32 Å². The van der Waals surface area contributed by atoms with Crippen LogP contribution in [0.5, 0.6) is 0 Å². The molecule has 6 nitrogen and oxygen atoms in total. The molecule has 0 atom stereocenters. The molecule has 1 aliphatic rings. The lowest BCUT2D eigenvalue weighted by Gasteiger charge is -2.15. The number of benzene rings is 2. The van der Waals surface area contributed by atoms with Gasteiger partial charge < -0.3 is 15.2 Å². The predicted octanol–water partition coefficient (Wildman–Crippen LogP) is 3.23. The molecule has 0 radical (unpaired) electrons. The van der Waals surface area contributed by atoms with Gasteiger partial charge in [-0.3, -0.25) is 14.5 Å². The minimum atomic E-state index is -1.38. The summed E-state index contributed by atoms with van der Waals surface area (Å²) in [5.74, 6) is -2.05. The maximum atomic E-state index is 12.7. The van der Waals surface area contributed by atoms with Crippen LogP contribution >= 0.6 is 24.0 Å². The highest BCUT2D eigenvalue weighted by molar-refractivity contribution is 8.26. The summed E-state index contributed by atoms with van der Waals surface area (Å²) in [5, 5.41) is 13.7. The van der Waals surface area contributed by atoms with Crippen molar-refractivity contribution >= 4 is 57.8 Å². The van der Waals surface area contributed by atoms with Crippen molar-refractivity contribution in [3.05, 3.63) is 82.3 Å². The maximum absolute atomic E-state index is 12.7. The summed E-state index contributed by atoms with van der Waals surface area (Å²) in [6.07, 6.45) is 3.72. The number of anilines is 1. The van der Waals surface area contributed by atoms with Crippen LogP contribution in [0.25, 0.3) is 6.08 Å². The molecule has 2 aromatic rings. The van der Waals surface area contributed by atoms with E-state index in [1.54, 1.807) is 18.2 Å². The van der Waals surface area contributed by atoms with E-state index in [1.165, 1.54) is 28.8 Å². The number of rotatable bonds is 7. The SMILES string of the molecule is CC(/C=C1\SC(=S)N(CCC(=O)Nc2ccccc2C(=O)[O-])C1=O)=C\c1ccccc1. The molecule has 158 valence electrons. The minimum absolute atomic E-state index is 0.0278. The highest BCUT2D eigenvalue weighted by Gasteiger charge is 2.32. The average molecular weight is 452 g/mol. The van der Waals surface area contributed by atoms with Crippen LogP contribution in [0.1, 0.15) is 29.3 Å². The van der Waals surface area contributed by atoms with Crippen molar-refractivity contribution < 1.29 is 19.5 Å². The number of amides is 2. The van der Waals surface area contributed by atoms with E-state index >= 15 is 0 Å². The number of aromatic carboxylic acids is 1. The first-order chi connectivity index (χ1) is 14.8. The maximum Gasteiger partial charge on any atom is 0.266 e. The third-order valence-corrected chi connectivity index (χ3v) is 5.79. The summed E-state index contributed by atoms with van der Waals surface area (Å²) in [7, 11) is 0. The van der Waals surface area contributed by atoms with Gasteiger partial charge in [-0.1, -0.05) is 78.6 Å². The molecule has 0 aromatic heterocycles. The summed E-state index contributed by atoms with van der Waals surface area (Å²) >= 11 is 6.50. The average Bonchev–Trinajstić information content (AvgIpc) is 2.99. The van der Waals surface area contributed by atoms with Gasteiger partial charge in [0, 0.05) is 24.2 Å². The van der Waals surface area contributed by atoms with Crippen LogP contribution in [0.2, 0.25) is 0 Å². The van der Waals surface area contributed by atoms with Gasteiger partial charge in [0.05, 0.1) is 10.9 Å². The van der Waals surface area contributed by atoms with Gasteiger partial charge in [0.2, 0.25) is 5.91 Å². The second-order valence-corrected chi connectivity index (χ2v) is 8.44. The highest BCUT2D eigenvalue weighted by Crippen LogP contribution is 2.32. The summed E-state index contributed by atoms with van der Waals surface area (Å²) < 4.78 is 0.381. The molecule has 0 spiro atoms. The molecule has 1 saturated heterocycles. The van der Waals surface area contributed by atoms with Crippen molar-refractivity contribution in [3.8, 4) is 0 Å². The first-order valence-electron chi connectivity index (χ1n) is 9.44. The van der Waals surface area contributed by atoms with Gasteiger partial charge >= 0.3 is 0 Å². The monoisotopic (exact) mass is 451 g/mol. The topological polar surface area (TPSA) is 89.5 Å². The lowest BCUT2D eigenvalue weighted by atomic mass is 10.1. The largest absolute Gasteiger partial charge is 0.545 e. The standard InChI is InChI=1S/C23H20N2O4S2/c1-15(13-16-7-3-2-4-8-16)14-19-21(27)25(23(30)31-19)12-11-20(26)24-18-10-6-5-9-17(18)22(28)29/h2-10,13-14H,11-12H2,1H3,(H,24,26)(H,28,29)/p-1/b15-13+,19-14-. The number of carbonyl (C=O) groups excluding carboxylic acids is 3. The number of nitrogens with zero attached hydrogens (tertiary/aromatic N) is 1. The molecule has 0 saturated carbocycles. The van der Waals surface area contributed by atoms with Crippen molar-refractivity contribution in [2.45, 2.75) is 13.3 Å². The molecule has 1 fully saturated rings. The third-order valence-electron chi connectivity index (χ3n) is 4.41. The molecular formula is C23H19N2O4S2-. The van der Waals surface area contributed by atoms with Gasteiger partial charge in [-0.15, -0.1) is 0 Å². The number of carboxylic acid groups (broad SMARTS) is 1. The van der Waals surface area contributed by atoms with Crippen molar-refractivity contribution in [3.63, 3.8) is 0 Å². The number of thiocarbonyl (C=S) groups is 1. The zero-order valence-electron chi connectivity index (χ0n) is 16.7. The van der Waals surface area contributed by atoms with E-state index in [0.717, 1.165) is 11.1 Å².